The molecule has 2 N–H and O–H groups in total. The van der Waals surface area contributed by atoms with Crippen LogP contribution in [0.3, 0.4) is 0 Å². The van der Waals surface area contributed by atoms with Crippen LogP contribution in [-0.4, -0.2) is 30.3 Å². The third-order valence-corrected chi connectivity index (χ3v) is 5.44. The second-order valence-corrected chi connectivity index (χ2v) is 6.27. The van der Waals surface area contributed by atoms with E-state index < -0.39 is 0 Å². The molecule has 1 aromatic rings. The average Bonchev–Trinajstić information content (AvgIpc) is 2.90. The highest BCUT2D eigenvalue weighted by molar-refractivity contribution is 5.95. The van der Waals surface area contributed by atoms with Crippen LogP contribution < -0.4 is 20.1 Å². The van der Waals surface area contributed by atoms with Gasteiger partial charge >= 0.3 is 0 Å². The van der Waals surface area contributed by atoms with Crippen molar-refractivity contribution in [2.75, 3.05) is 6.79 Å². The minimum atomic E-state index is -0.00310. The highest BCUT2D eigenvalue weighted by atomic mass is 16.7. The summed E-state index contributed by atoms with van der Waals surface area (Å²) >= 11 is 0. The molecule has 0 aromatic heterocycles. The van der Waals surface area contributed by atoms with Crippen molar-refractivity contribution in [3.8, 4) is 11.5 Å². The number of nitrogens with one attached hydrogen (secondary N) is 2. The van der Waals surface area contributed by atoms with Gasteiger partial charge in [0.1, 0.15) is 0 Å². The lowest BCUT2D eigenvalue weighted by Crippen LogP contribution is -2.49. The predicted molar refractivity (Wildman–Crippen MR) is 70.8 cm³/mol. The Kier molecular flexibility index (Phi) is 1.90. The van der Waals surface area contributed by atoms with Gasteiger partial charge in [0.2, 0.25) is 6.79 Å². The smallest absolute Gasteiger partial charge is 0.251 e. The van der Waals surface area contributed by atoms with Crippen molar-refractivity contribution >= 4 is 5.91 Å². The highest BCUT2D eigenvalue weighted by Gasteiger charge is 2.70. The van der Waals surface area contributed by atoms with Gasteiger partial charge < -0.3 is 20.1 Å². The number of amides is 1. The molecule has 2 aliphatic heterocycles. The van der Waals surface area contributed by atoms with E-state index in [9.17, 15) is 4.79 Å². The van der Waals surface area contributed by atoms with Crippen LogP contribution in [0.4, 0.5) is 0 Å². The Hall–Kier alpha value is -1.75. The lowest BCUT2D eigenvalue weighted by molar-refractivity contribution is 0.0896. The first kappa shape index (κ1) is 11.0. The predicted octanol–water partition coefficient (Wildman–Crippen LogP) is 1.04. The summed E-state index contributed by atoms with van der Waals surface area (Å²) in [5.74, 6) is 2.00. The summed E-state index contributed by atoms with van der Waals surface area (Å²) in [4.78, 5) is 12.4. The molecule has 2 saturated carbocycles. The molecule has 104 valence electrons. The lowest BCUT2D eigenvalue weighted by Gasteiger charge is -2.37. The Labute approximate surface area is 116 Å². The fraction of sp³-hybridized carbons (Fsp3) is 0.533. The van der Waals surface area contributed by atoms with Crippen molar-refractivity contribution in [2.24, 2.45) is 5.92 Å². The number of carbonyl (C=O) groups is 1. The van der Waals surface area contributed by atoms with E-state index in [-0.39, 0.29) is 12.7 Å². The van der Waals surface area contributed by atoms with Crippen molar-refractivity contribution in [1.82, 2.24) is 10.6 Å². The molecule has 5 nitrogen and oxygen atoms in total. The normalized spacial score (nSPS) is 38.7. The van der Waals surface area contributed by atoms with Crippen LogP contribution in [0.25, 0.3) is 0 Å². The maximum Gasteiger partial charge on any atom is 0.251 e. The van der Waals surface area contributed by atoms with E-state index in [1.54, 1.807) is 18.2 Å². The van der Waals surface area contributed by atoms with Gasteiger partial charge in [0.25, 0.3) is 5.91 Å². The number of rotatable bonds is 2. The van der Waals surface area contributed by atoms with Crippen LogP contribution in [0.1, 0.15) is 29.6 Å². The van der Waals surface area contributed by atoms with Gasteiger partial charge in [0, 0.05) is 23.2 Å². The van der Waals surface area contributed by atoms with Crippen LogP contribution in [-0.2, 0) is 0 Å². The molecule has 1 amide bonds. The van der Waals surface area contributed by atoms with Crippen molar-refractivity contribution in [1.29, 1.82) is 0 Å². The lowest BCUT2D eigenvalue weighted by atomic mass is 9.72. The molecule has 4 atom stereocenters. The summed E-state index contributed by atoms with van der Waals surface area (Å²) < 4.78 is 10.6. The molecular weight excluding hydrogens is 256 g/mol. The number of hydrogen-bond donors (Lipinski definition) is 2. The molecule has 3 unspecified atom stereocenters. The van der Waals surface area contributed by atoms with E-state index in [0.29, 0.717) is 40.6 Å². The maximum atomic E-state index is 12.4. The van der Waals surface area contributed by atoms with Crippen molar-refractivity contribution in [3.05, 3.63) is 23.8 Å². The molecule has 1 spiro atoms. The summed E-state index contributed by atoms with van der Waals surface area (Å²) in [6.45, 7) is 0.237. The first-order chi connectivity index (χ1) is 9.76. The first-order valence-electron chi connectivity index (χ1n) is 7.24. The van der Waals surface area contributed by atoms with Crippen molar-refractivity contribution in [2.45, 2.75) is 36.9 Å². The summed E-state index contributed by atoms with van der Waals surface area (Å²) in [5.41, 5.74) is 1.04. The Morgan fingerprint density at radius 2 is 2.25 bits per heavy atom. The molecule has 2 aliphatic carbocycles. The minimum Gasteiger partial charge on any atom is -0.454 e. The second-order valence-electron chi connectivity index (χ2n) is 6.27. The van der Waals surface area contributed by atoms with Crippen LogP contribution >= 0.6 is 0 Å². The standard InChI is InChI=1S/C15H16N2O3/c18-14(8-1-2-11-12(5-8)20-7-19-11)16-10-6-13-15(17-13)4-3-9(10)15/h1-2,5,9-10,13,17H,3-4,6-7H2,(H,16,18)/t9?,10-,13?,15?/m1/s1. The fourth-order valence-corrected chi connectivity index (χ4v) is 4.21. The van der Waals surface area contributed by atoms with E-state index >= 15 is 0 Å². The quantitative estimate of drug-likeness (QED) is 0.789. The number of piperidine rings is 1. The van der Waals surface area contributed by atoms with Gasteiger partial charge in [-0.05, 0) is 43.4 Å². The molecule has 3 fully saturated rings. The minimum absolute atomic E-state index is 0.00310. The second kappa shape index (κ2) is 3.47. The van der Waals surface area contributed by atoms with Gasteiger partial charge in [-0.15, -0.1) is 0 Å². The molecule has 5 rings (SSSR count). The van der Waals surface area contributed by atoms with Gasteiger partial charge in [-0.2, -0.15) is 0 Å². The van der Waals surface area contributed by atoms with Gasteiger partial charge in [-0.1, -0.05) is 0 Å². The largest absolute Gasteiger partial charge is 0.454 e. The number of carbonyl (C=O) groups excluding carboxylic acids is 1. The highest BCUT2D eigenvalue weighted by Crippen LogP contribution is 2.59. The molecule has 5 heteroatoms. The number of benzene rings is 1. The van der Waals surface area contributed by atoms with Gasteiger partial charge in [0.15, 0.2) is 11.5 Å². The Morgan fingerprint density at radius 1 is 1.35 bits per heavy atom. The molecule has 4 aliphatic rings. The topological polar surface area (TPSA) is 69.5 Å². The molecule has 20 heavy (non-hydrogen) atoms. The van der Waals surface area contributed by atoms with Gasteiger partial charge in [-0.3, -0.25) is 4.79 Å². The Morgan fingerprint density at radius 3 is 3.05 bits per heavy atom. The summed E-state index contributed by atoms with van der Waals surface area (Å²) in [7, 11) is 0. The van der Waals surface area contributed by atoms with E-state index in [1.807, 2.05) is 0 Å². The molecule has 0 bridgehead atoms. The third kappa shape index (κ3) is 1.28. The molecule has 1 saturated heterocycles. The number of ether oxygens (including phenoxy) is 2. The molecular formula is C15H16N2O3. The van der Waals surface area contributed by atoms with E-state index in [2.05, 4.69) is 10.6 Å². The Bertz CT molecular complexity index is 613. The zero-order chi connectivity index (χ0) is 13.3. The van der Waals surface area contributed by atoms with E-state index in [0.717, 1.165) is 6.42 Å². The molecule has 1 aromatic carbocycles. The average molecular weight is 272 g/mol. The van der Waals surface area contributed by atoms with Crippen LogP contribution in [0.5, 0.6) is 11.5 Å². The van der Waals surface area contributed by atoms with Crippen LogP contribution in [0.15, 0.2) is 18.2 Å². The summed E-state index contributed by atoms with van der Waals surface area (Å²) in [6.07, 6.45) is 3.58. The van der Waals surface area contributed by atoms with Crippen LogP contribution in [0.2, 0.25) is 0 Å². The van der Waals surface area contributed by atoms with Gasteiger partial charge in [-0.25, -0.2) is 0 Å². The number of hydrogen-bond acceptors (Lipinski definition) is 4. The van der Waals surface area contributed by atoms with Crippen molar-refractivity contribution < 1.29 is 14.3 Å². The van der Waals surface area contributed by atoms with E-state index in [4.69, 9.17) is 9.47 Å². The van der Waals surface area contributed by atoms with Crippen molar-refractivity contribution in [3.63, 3.8) is 0 Å². The van der Waals surface area contributed by atoms with Gasteiger partial charge in [0.05, 0.1) is 0 Å². The monoisotopic (exact) mass is 272 g/mol. The number of fused-ring (bicyclic) bond motifs is 1. The summed E-state index contributed by atoms with van der Waals surface area (Å²) in [5, 5.41) is 6.77. The first-order valence-corrected chi connectivity index (χ1v) is 7.24. The third-order valence-electron chi connectivity index (χ3n) is 5.44. The maximum absolute atomic E-state index is 12.4. The Balaban J connectivity index is 1.33. The zero-order valence-corrected chi connectivity index (χ0v) is 11.0. The fourth-order valence-electron chi connectivity index (χ4n) is 4.21. The molecule has 0 radical (unpaired) electrons. The SMILES string of the molecule is O=C(N[C@@H]1CC2NC23CCC13)c1ccc2c(c1)OCO2. The molecule has 2 heterocycles. The summed E-state index contributed by atoms with van der Waals surface area (Å²) in [6, 6.07) is 6.34. The van der Waals surface area contributed by atoms with Crippen LogP contribution in [0, 0.1) is 5.92 Å². The zero-order valence-electron chi connectivity index (χ0n) is 11.0. The van der Waals surface area contributed by atoms with E-state index in [1.165, 1.54) is 12.8 Å².